The highest BCUT2D eigenvalue weighted by atomic mass is 35.5. The van der Waals surface area contributed by atoms with Crippen molar-refractivity contribution in [2.24, 2.45) is 0 Å². The van der Waals surface area contributed by atoms with Gasteiger partial charge in [0.2, 0.25) is 10.0 Å². The van der Waals surface area contributed by atoms with E-state index in [9.17, 15) is 18.3 Å². The van der Waals surface area contributed by atoms with Crippen molar-refractivity contribution in [3.63, 3.8) is 0 Å². The molecule has 0 aromatic heterocycles. The first-order valence-corrected chi connectivity index (χ1v) is 9.06. The molecule has 1 atom stereocenters. The number of carboxylic acid groups (broad SMARTS) is 1. The number of rotatable bonds is 6. The number of benzene rings is 2. The molecule has 0 spiro atoms. The fourth-order valence-electron chi connectivity index (χ4n) is 2.39. The molecule has 0 fully saturated rings. The largest absolute Gasteiger partial charge is 0.480 e. The molecule has 2 aromatic rings. The number of aryl methyl sites for hydroxylation is 1. The summed E-state index contributed by atoms with van der Waals surface area (Å²) in [6.45, 7) is 1.81. The van der Waals surface area contributed by atoms with Crippen LogP contribution in [0.25, 0.3) is 0 Å². The highest BCUT2D eigenvalue weighted by Gasteiger charge is 2.33. The van der Waals surface area contributed by atoms with E-state index in [4.69, 9.17) is 11.6 Å². The third kappa shape index (κ3) is 3.95. The number of carbonyl (C=O) groups is 1. The van der Waals surface area contributed by atoms with Gasteiger partial charge in [0.25, 0.3) is 0 Å². The Bertz CT molecular complexity index is 837. The summed E-state index contributed by atoms with van der Waals surface area (Å²) in [4.78, 5) is 11.7. The van der Waals surface area contributed by atoms with Gasteiger partial charge in [0, 0.05) is 12.1 Å². The van der Waals surface area contributed by atoms with Gasteiger partial charge in [0.1, 0.15) is 6.04 Å². The number of halogens is 1. The lowest BCUT2D eigenvalue weighted by Crippen LogP contribution is -2.43. The summed E-state index contributed by atoms with van der Waals surface area (Å²) in [6.07, 6.45) is 0.0564. The second-order valence-corrected chi connectivity index (χ2v) is 7.90. The molecule has 2 rings (SSSR count). The quantitative estimate of drug-likeness (QED) is 0.851. The Labute approximate surface area is 146 Å². The normalized spacial score (nSPS) is 13.0. The molecule has 7 heteroatoms. The van der Waals surface area contributed by atoms with E-state index >= 15 is 0 Å². The zero-order chi connectivity index (χ0) is 17.9. The maximum absolute atomic E-state index is 12.6. The van der Waals surface area contributed by atoms with Crippen LogP contribution >= 0.6 is 11.6 Å². The molecular weight excluding hydrogens is 350 g/mol. The highest BCUT2D eigenvalue weighted by molar-refractivity contribution is 7.89. The first-order chi connectivity index (χ1) is 11.2. The van der Waals surface area contributed by atoms with Gasteiger partial charge in [-0.3, -0.25) is 4.79 Å². The molecular formula is C17H18ClNO4S. The van der Waals surface area contributed by atoms with Crippen LogP contribution in [0.2, 0.25) is 5.02 Å². The van der Waals surface area contributed by atoms with Crippen molar-refractivity contribution in [2.45, 2.75) is 24.3 Å². The average molecular weight is 368 g/mol. The average Bonchev–Trinajstić information content (AvgIpc) is 2.54. The summed E-state index contributed by atoms with van der Waals surface area (Å²) in [5, 5.41) is 10.1. The van der Waals surface area contributed by atoms with Crippen molar-refractivity contribution in [3.8, 4) is 0 Å². The predicted octanol–water partition coefficient (Wildman–Crippen LogP) is 2.96. The lowest BCUT2D eigenvalue weighted by Gasteiger charge is -2.25. The predicted molar refractivity (Wildman–Crippen MR) is 92.7 cm³/mol. The van der Waals surface area contributed by atoms with Gasteiger partial charge < -0.3 is 5.11 Å². The van der Waals surface area contributed by atoms with E-state index in [1.165, 1.54) is 19.2 Å². The summed E-state index contributed by atoms with van der Waals surface area (Å²) in [5.74, 6) is -1.20. The number of likely N-dealkylation sites (N-methyl/N-ethyl adjacent to an activating group) is 1. The number of hydrogen-bond donors (Lipinski definition) is 1. The van der Waals surface area contributed by atoms with Gasteiger partial charge in [-0.05, 0) is 48.7 Å². The van der Waals surface area contributed by atoms with Crippen molar-refractivity contribution < 1.29 is 18.3 Å². The number of nitrogens with zero attached hydrogens (tertiary/aromatic N) is 1. The fourth-order valence-corrected chi connectivity index (χ4v) is 3.95. The van der Waals surface area contributed by atoms with Crippen LogP contribution in [-0.4, -0.2) is 36.9 Å². The lowest BCUT2D eigenvalue weighted by molar-refractivity contribution is -0.141. The maximum Gasteiger partial charge on any atom is 0.322 e. The van der Waals surface area contributed by atoms with Gasteiger partial charge >= 0.3 is 5.97 Å². The monoisotopic (exact) mass is 367 g/mol. The van der Waals surface area contributed by atoms with E-state index < -0.39 is 22.0 Å². The van der Waals surface area contributed by atoms with Gasteiger partial charge in [-0.15, -0.1) is 0 Å². The van der Waals surface area contributed by atoms with E-state index in [1.807, 2.05) is 6.92 Å². The van der Waals surface area contributed by atoms with Crippen LogP contribution < -0.4 is 0 Å². The van der Waals surface area contributed by atoms with Gasteiger partial charge in [0.05, 0.1) is 4.90 Å². The van der Waals surface area contributed by atoms with E-state index in [0.29, 0.717) is 5.02 Å². The fraction of sp³-hybridized carbons (Fsp3) is 0.235. The molecule has 0 heterocycles. The highest BCUT2D eigenvalue weighted by Crippen LogP contribution is 2.22. The zero-order valence-electron chi connectivity index (χ0n) is 13.3. The molecule has 0 unspecified atom stereocenters. The van der Waals surface area contributed by atoms with Crippen LogP contribution in [0.4, 0.5) is 0 Å². The lowest BCUT2D eigenvalue weighted by atomic mass is 10.0. The molecule has 0 aliphatic carbocycles. The van der Waals surface area contributed by atoms with Crippen molar-refractivity contribution in [1.29, 1.82) is 0 Å². The smallest absolute Gasteiger partial charge is 0.322 e. The van der Waals surface area contributed by atoms with Crippen molar-refractivity contribution in [2.75, 3.05) is 7.05 Å². The van der Waals surface area contributed by atoms with Gasteiger partial charge in [-0.2, -0.15) is 4.31 Å². The summed E-state index contributed by atoms with van der Waals surface area (Å²) < 4.78 is 26.2. The molecule has 0 aliphatic heterocycles. The Morgan fingerprint density at radius 3 is 2.38 bits per heavy atom. The molecule has 0 amide bonds. The molecule has 1 N–H and O–H groups in total. The standard InChI is InChI=1S/C17H18ClNO4S/c1-12-10-14(18)9-8-13(12)11-16(17(20)21)19(2)24(22,23)15-6-4-3-5-7-15/h3-10,16H,11H2,1-2H3,(H,20,21)/t16-/m0/s1. The molecule has 0 saturated heterocycles. The second-order valence-electron chi connectivity index (χ2n) is 5.46. The number of hydrogen-bond acceptors (Lipinski definition) is 3. The Hall–Kier alpha value is -1.89. The molecule has 5 nitrogen and oxygen atoms in total. The molecule has 2 aromatic carbocycles. The third-order valence-corrected chi connectivity index (χ3v) is 5.98. The molecule has 128 valence electrons. The first kappa shape index (κ1) is 18.4. The Balaban J connectivity index is 2.35. The minimum atomic E-state index is -3.90. The van der Waals surface area contributed by atoms with Gasteiger partial charge in [0.15, 0.2) is 0 Å². The molecule has 0 bridgehead atoms. The van der Waals surface area contributed by atoms with Crippen molar-refractivity contribution in [3.05, 3.63) is 64.7 Å². The van der Waals surface area contributed by atoms with Crippen LogP contribution in [0.15, 0.2) is 53.4 Å². The van der Waals surface area contributed by atoms with Crippen LogP contribution in [0.1, 0.15) is 11.1 Å². The Morgan fingerprint density at radius 1 is 1.21 bits per heavy atom. The van der Waals surface area contributed by atoms with Crippen molar-refractivity contribution in [1.82, 2.24) is 4.31 Å². The molecule has 0 radical (unpaired) electrons. The zero-order valence-corrected chi connectivity index (χ0v) is 14.9. The molecule has 24 heavy (non-hydrogen) atoms. The number of aliphatic carboxylic acids is 1. The topological polar surface area (TPSA) is 74.7 Å². The summed E-state index contributed by atoms with van der Waals surface area (Å²) in [6, 6.07) is 11.7. The minimum absolute atomic E-state index is 0.0564. The van der Waals surface area contributed by atoms with Crippen LogP contribution in [0, 0.1) is 6.92 Å². The number of carboxylic acids is 1. The van der Waals surface area contributed by atoms with Gasteiger partial charge in [-0.25, -0.2) is 8.42 Å². The SMILES string of the molecule is Cc1cc(Cl)ccc1C[C@@H](C(=O)O)N(C)S(=O)(=O)c1ccccc1. The first-order valence-electron chi connectivity index (χ1n) is 7.24. The minimum Gasteiger partial charge on any atom is -0.480 e. The van der Waals surface area contributed by atoms with Crippen molar-refractivity contribution >= 4 is 27.6 Å². The summed E-state index contributed by atoms with van der Waals surface area (Å²) in [5.41, 5.74) is 1.56. The summed E-state index contributed by atoms with van der Waals surface area (Å²) >= 11 is 5.91. The summed E-state index contributed by atoms with van der Waals surface area (Å²) in [7, 11) is -2.61. The van der Waals surface area contributed by atoms with Gasteiger partial charge in [-0.1, -0.05) is 35.9 Å². The van der Waals surface area contributed by atoms with Crippen LogP contribution in [-0.2, 0) is 21.2 Å². The molecule has 0 aliphatic rings. The molecule has 0 saturated carbocycles. The van der Waals surface area contributed by atoms with E-state index in [-0.39, 0.29) is 11.3 Å². The Morgan fingerprint density at radius 2 is 1.83 bits per heavy atom. The van der Waals surface area contributed by atoms with Crippen LogP contribution in [0.5, 0.6) is 0 Å². The van der Waals surface area contributed by atoms with E-state index in [2.05, 4.69) is 0 Å². The van der Waals surface area contributed by atoms with E-state index in [1.54, 1.807) is 36.4 Å². The number of sulfonamides is 1. The Kier molecular flexibility index (Phi) is 5.64. The maximum atomic E-state index is 12.6. The van der Waals surface area contributed by atoms with E-state index in [0.717, 1.165) is 15.4 Å². The second kappa shape index (κ2) is 7.34. The van der Waals surface area contributed by atoms with Crippen LogP contribution in [0.3, 0.4) is 0 Å². The third-order valence-electron chi connectivity index (χ3n) is 3.86.